The van der Waals surface area contributed by atoms with Crippen LogP contribution in [-0.2, 0) is 0 Å². The first-order valence-corrected chi connectivity index (χ1v) is 4.83. The molecule has 0 saturated heterocycles. The van der Waals surface area contributed by atoms with Crippen molar-refractivity contribution in [3.8, 4) is 0 Å². The molecule has 0 fully saturated rings. The van der Waals surface area contributed by atoms with Crippen molar-refractivity contribution in [2.75, 3.05) is 0 Å². The zero-order chi connectivity index (χ0) is 8.10. The molecule has 0 bridgehead atoms. The Morgan fingerprint density at radius 2 is 2.27 bits per heavy atom. The highest BCUT2D eigenvalue weighted by molar-refractivity contribution is 14.1. The second-order valence-electron chi connectivity index (χ2n) is 2.37. The normalized spacial score (nSPS) is 10.7. The number of benzene rings is 1. The average molecular weight is 258 g/mol. The van der Waals surface area contributed by atoms with Crippen molar-refractivity contribution < 1.29 is 0 Å². The largest absolute Gasteiger partial charge is 0.0842 e. The monoisotopic (exact) mass is 258 g/mol. The molecule has 0 unspecified atom stereocenters. The summed E-state index contributed by atoms with van der Waals surface area (Å²) in [6, 6.07) is 8.47. The van der Waals surface area contributed by atoms with Gasteiger partial charge in [-0.2, -0.15) is 0 Å². The van der Waals surface area contributed by atoms with Crippen molar-refractivity contribution in [3.63, 3.8) is 0 Å². The number of rotatable bonds is 2. The van der Waals surface area contributed by atoms with Crippen molar-refractivity contribution in [3.05, 3.63) is 39.5 Å². The van der Waals surface area contributed by atoms with Crippen LogP contribution in [0.15, 0.2) is 30.3 Å². The van der Waals surface area contributed by atoms with Gasteiger partial charge in [0.1, 0.15) is 0 Å². The highest BCUT2D eigenvalue weighted by Gasteiger charge is 1.86. The maximum Gasteiger partial charge on any atom is 0.0136 e. The maximum absolute atomic E-state index is 2.32. The van der Waals surface area contributed by atoms with Gasteiger partial charge < -0.3 is 0 Å². The fourth-order valence-corrected chi connectivity index (χ4v) is 1.43. The second kappa shape index (κ2) is 4.54. The molecule has 0 aliphatic rings. The van der Waals surface area contributed by atoms with Crippen molar-refractivity contribution in [2.45, 2.75) is 13.3 Å². The lowest BCUT2D eigenvalue weighted by atomic mass is 10.2. The Bertz CT molecular complexity index is 251. The van der Waals surface area contributed by atoms with Gasteiger partial charge in [-0.1, -0.05) is 31.2 Å². The summed E-state index contributed by atoms with van der Waals surface area (Å²) in [5, 5.41) is 0. The number of allylic oxidation sites excluding steroid dienone is 1. The van der Waals surface area contributed by atoms with Crippen LogP contribution < -0.4 is 0 Å². The first-order valence-electron chi connectivity index (χ1n) is 3.75. The van der Waals surface area contributed by atoms with Crippen LogP contribution in [0.1, 0.15) is 18.9 Å². The molecule has 0 saturated carbocycles. The highest BCUT2D eigenvalue weighted by atomic mass is 127. The molecule has 0 N–H and O–H groups in total. The van der Waals surface area contributed by atoms with E-state index in [1.165, 1.54) is 9.13 Å². The fraction of sp³-hybridized carbons (Fsp3) is 0.200. The predicted octanol–water partition coefficient (Wildman–Crippen LogP) is 3.71. The number of hydrogen-bond donors (Lipinski definition) is 0. The zero-order valence-corrected chi connectivity index (χ0v) is 8.71. The third-order valence-corrected chi connectivity index (χ3v) is 2.07. The van der Waals surface area contributed by atoms with E-state index in [-0.39, 0.29) is 0 Å². The van der Waals surface area contributed by atoms with Gasteiger partial charge in [0.25, 0.3) is 0 Å². The number of hydrogen-bond acceptors (Lipinski definition) is 0. The Kier molecular flexibility index (Phi) is 3.63. The smallest absolute Gasteiger partial charge is 0.0136 e. The molecule has 1 heteroatoms. The second-order valence-corrected chi connectivity index (χ2v) is 3.61. The Hall–Kier alpha value is -0.310. The maximum atomic E-state index is 2.32. The van der Waals surface area contributed by atoms with Gasteiger partial charge in [0, 0.05) is 3.57 Å². The van der Waals surface area contributed by atoms with Crippen LogP contribution in [0, 0.1) is 3.57 Å². The fourth-order valence-electron chi connectivity index (χ4n) is 0.864. The average Bonchev–Trinajstić information content (AvgIpc) is 2.01. The van der Waals surface area contributed by atoms with E-state index in [1.807, 2.05) is 0 Å². The standard InChI is InChI=1S/C10H11I/c1-2-3-5-9-6-4-7-10(11)8-9/h3-8H,2H2,1H3/b5-3+. The molecule has 0 aliphatic heterocycles. The third kappa shape index (κ3) is 3.06. The Morgan fingerprint density at radius 1 is 1.45 bits per heavy atom. The summed E-state index contributed by atoms with van der Waals surface area (Å²) >= 11 is 2.32. The Balaban J connectivity index is 2.79. The topological polar surface area (TPSA) is 0 Å². The SMILES string of the molecule is CC/C=C/c1cccc(I)c1. The summed E-state index contributed by atoms with van der Waals surface area (Å²) in [6.07, 6.45) is 5.43. The molecule has 1 aromatic rings. The minimum absolute atomic E-state index is 1.10. The summed E-state index contributed by atoms with van der Waals surface area (Å²) in [6.45, 7) is 2.14. The van der Waals surface area contributed by atoms with Crippen molar-refractivity contribution in [2.24, 2.45) is 0 Å². The summed E-state index contributed by atoms with van der Waals surface area (Å²) < 4.78 is 1.29. The molecule has 0 nitrogen and oxygen atoms in total. The van der Waals surface area contributed by atoms with Gasteiger partial charge in [-0.25, -0.2) is 0 Å². The van der Waals surface area contributed by atoms with Gasteiger partial charge in [-0.15, -0.1) is 0 Å². The molecule has 0 radical (unpaired) electrons. The molecule has 0 aliphatic carbocycles. The highest BCUT2D eigenvalue weighted by Crippen LogP contribution is 2.09. The van der Waals surface area contributed by atoms with E-state index < -0.39 is 0 Å². The van der Waals surface area contributed by atoms with Gasteiger partial charge in [0.15, 0.2) is 0 Å². The molecule has 11 heavy (non-hydrogen) atoms. The first kappa shape index (κ1) is 8.78. The minimum Gasteiger partial charge on any atom is -0.0842 e. The van der Waals surface area contributed by atoms with E-state index in [9.17, 15) is 0 Å². The van der Waals surface area contributed by atoms with Gasteiger partial charge in [-0.05, 0) is 46.7 Å². The summed E-state index contributed by atoms with van der Waals surface area (Å²) in [5.41, 5.74) is 1.29. The van der Waals surface area contributed by atoms with Crippen LogP contribution in [-0.4, -0.2) is 0 Å². The van der Waals surface area contributed by atoms with Gasteiger partial charge >= 0.3 is 0 Å². The summed E-state index contributed by atoms with van der Waals surface area (Å²) in [7, 11) is 0. The van der Waals surface area contributed by atoms with E-state index >= 15 is 0 Å². The molecule has 1 rings (SSSR count). The molecule has 58 valence electrons. The molecule has 0 heterocycles. The lowest BCUT2D eigenvalue weighted by Crippen LogP contribution is -1.72. The molecule has 1 aromatic carbocycles. The predicted molar refractivity (Wildman–Crippen MR) is 58.5 cm³/mol. The van der Waals surface area contributed by atoms with Gasteiger partial charge in [-0.3, -0.25) is 0 Å². The van der Waals surface area contributed by atoms with Crippen LogP contribution >= 0.6 is 22.6 Å². The zero-order valence-electron chi connectivity index (χ0n) is 6.55. The van der Waals surface area contributed by atoms with Crippen LogP contribution in [0.5, 0.6) is 0 Å². The Morgan fingerprint density at radius 3 is 2.91 bits per heavy atom. The van der Waals surface area contributed by atoms with Crippen molar-refractivity contribution >= 4 is 28.7 Å². The van der Waals surface area contributed by atoms with Crippen LogP contribution in [0.2, 0.25) is 0 Å². The van der Waals surface area contributed by atoms with Crippen LogP contribution in [0.25, 0.3) is 6.08 Å². The molecule has 0 atom stereocenters. The minimum atomic E-state index is 1.10. The van der Waals surface area contributed by atoms with Gasteiger partial charge in [0.2, 0.25) is 0 Å². The van der Waals surface area contributed by atoms with Crippen LogP contribution in [0.3, 0.4) is 0 Å². The molecule has 0 amide bonds. The van der Waals surface area contributed by atoms with E-state index in [0.29, 0.717) is 0 Å². The lowest BCUT2D eigenvalue weighted by molar-refractivity contribution is 1.23. The van der Waals surface area contributed by atoms with E-state index in [4.69, 9.17) is 0 Å². The summed E-state index contributed by atoms with van der Waals surface area (Å²) in [5.74, 6) is 0. The van der Waals surface area contributed by atoms with Crippen LogP contribution in [0.4, 0.5) is 0 Å². The van der Waals surface area contributed by atoms with E-state index in [0.717, 1.165) is 6.42 Å². The molecular weight excluding hydrogens is 247 g/mol. The molecule has 0 spiro atoms. The third-order valence-electron chi connectivity index (χ3n) is 1.39. The quantitative estimate of drug-likeness (QED) is 0.709. The number of halogens is 1. The van der Waals surface area contributed by atoms with Crippen molar-refractivity contribution in [1.82, 2.24) is 0 Å². The van der Waals surface area contributed by atoms with E-state index in [2.05, 4.69) is 65.9 Å². The lowest BCUT2D eigenvalue weighted by Gasteiger charge is -1.92. The molecule has 0 aromatic heterocycles. The van der Waals surface area contributed by atoms with Crippen molar-refractivity contribution in [1.29, 1.82) is 0 Å². The Labute approximate surface area is 81.5 Å². The first-order chi connectivity index (χ1) is 5.33. The van der Waals surface area contributed by atoms with E-state index in [1.54, 1.807) is 0 Å². The summed E-state index contributed by atoms with van der Waals surface area (Å²) in [4.78, 5) is 0. The molecular formula is C10H11I. The van der Waals surface area contributed by atoms with Gasteiger partial charge in [0.05, 0.1) is 0 Å².